The van der Waals surface area contributed by atoms with Crippen molar-refractivity contribution >= 4 is 23.2 Å². The molecule has 0 fully saturated rings. The Kier molecular flexibility index (Phi) is 9.19. The molecule has 30 heavy (non-hydrogen) atoms. The molecule has 0 spiro atoms. The molecule has 162 valence electrons. The van der Waals surface area contributed by atoms with Crippen molar-refractivity contribution in [2.75, 3.05) is 23.8 Å². The summed E-state index contributed by atoms with van der Waals surface area (Å²) in [6, 6.07) is 14.6. The summed E-state index contributed by atoms with van der Waals surface area (Å²) in [4.78, 5) is 24.6. The first kappa shape index (κ1) is 23.3. The van der Waals surface area contributed by atoms with Gasteiger partial charge in [-0.05, 0) is 56.0 Å². The lowest BCUT2D eigenvalue weighted by Crippen LogP contribution is -2.31. The first-order valence-corrected chi connectivity index (χ1v) is 10.5. The quantitative estimate of drug-likeness (QED) is 0.501. The summed E-state index contributed by atoms with van der Waals surface area (Å²) in [5, 5.41) is 8.87. The molecule has 0 aromatic heterocycles. The lowest BCUT2D eigenvalue weighted by Gasteiger charge is -2.13. The third-order valence-corrected chi connectivity index (χ3v) is 4.65. The lowest BCUT2D eigenvalue weighted by atomic mass is 10.1. The van der Waals surface area contributed by atoms with E-state index in [1.807, 2.05) is 44.2 Å². The maximum absolute atomic E-state index is 12.3. The Morgan fingerprint density at radius 3 is 2.47 bits per heavy atom. The minimum Gasteiger partial charge on any atom is -0.494 e. The van der Waals surface area contributed by atoms with Crippen molar-refractivity contribution in [2.45, 2.75) is 46.6 Å². The molecule has 3 N–H and O–H groups in total. The van der Waals surface area contributed by atoms with Gasteiger partial charge in [-0.1, -0.05) is 32.9 Å². The number of rotatable bonds is 11. The average Bonchev–Trinajstić information content (AvgIpc) is 2.72. The number of anilines is 2. The van der Waals surface area contributed by atoms with Crippen LogP contribution in [0.4, 0.5) is 11.4 Å². The fourth-order valence-electron chi connectivity index (χ4n) is 2.64. The Morgan fingerprint density at radius 2 is 1.73 bits per heavy atom. The van der Waals surface area contributed by atoms with Gasteiger partial charge >= 0.3 is 0 Å². The summed E-state index contributed by atoms with van der Waals surface area (Å²) in [7, 11) is 0. The predicted octanol–water partition coefficient (Wildman–Crippen LogP) is 4.69. The van der Waals surface area contributed by atoms with E-state index in [1.54, 1.807) is 18.2 Å². The van der Waals surface area contributed by atoms with Crippen LogP contribution in [-0.2, 0) is 4.79 Å². The largest absolute Gasteiger partial charge is 0.494 e. The van der Waals surface area contributed by atoms with E-state index in [2.05, 4.69) is 29.8 Å². The molecule has 0 aliphatic heterocycles. The minimum atomic E-state index is -0.177. The normalized spacial score (nSPS) is 11.6. The number of hydrogen-bond donors (Lipinski definition) is 3. The van der Waals surface area contributed by atoms with Gasteiger partial charge in [-0.2, -0.15) is 0 Å². The SMILES string of the molecule is CCC(C)NC(=O)c1cccc(NCC(=O)Nc2cccc(OCCC(C)C)c2)c1. The highest BCUT2D eigenvalue weighted by atomic mass is 16.5. The van der Waals surface area contributed by atoms with Crippen LogP contribution in [0.25, 0.3) is 0 Å². The highest BCUT2D eigenvalue weighted by Crippen LogP contribution is 2.18. The molecule has 0 bridgehead atoms. The third kappa shape index (κ3) is 8.15. The third-order valence-electron chi connectivity index (χ3n) is 4.65. The molecule has 2 aromatic carbocycles. The summed E-state index contributed by atoms with van der Waals surface area (Å²) in [5.74, 6) is 1.02. The molecule has 0 heterocycles. The number of nitrogens with one attached hydrogen (secondary N) is 3. The molecule has 1 atom stereocenters. The van der Waals surface area contributed by atoms with E-state index in [0.717, 1.165) is 18.6 Å². The van der Waals surface area contributed by atoms with Gasteiger partial charge < -0.3 is 20.7 Å². The molecule has 0 aliphatic rings. The van der Waals surface area contributed by atoms with Crippen molar-refractivity contribution in [3.63, 3.8) is 0 Å². The van der Waals surface area contributed by atoms with Gasteiger partial charge in [0.2, 0.25) is 5.91 Å². The summed E-state index contributed by atoms with van der Waals surface area (Å²) in [5.41, 5.74) is 1.96. The van der Waals surface area contributed by atoms with Gasteiger partial charge in [-0.15, -0.1) is 0 Å². The molecule has 0 radical (unpaired) electrons. The summed E-state index contributed by atoms with van der Waals surface area (Å²) < 4.78 is 5.73. The average molecular weight is 412 g/mol. The molecule has 0 saturated carbocycles. The second-order valence-corrected chi connectivity index (χ2v) is 7.82. The minimum absolute atomic E-state index is 0.0921. The fourth-order valence-corrected chi connectivity index (χ4v) is 2.64. The van der Waals surface area contributed by atoms with E-state index >= 15 is 0 Å². The number of ether oxygens (including phenoxy) is 1. The van der Waals surface area contributed by atoms with Crippen LogP contribution in [0.15, 0.2) is 48.5 Å². The zero-order valence-electron chi connectivity index (χ0n) is 18.3. The number of hydrogen-bond acceptors (Lipinski definition) is 4. The van der Waals surface area contributed by atoms with Crippen LogP contribution in [0, 0.1) is 5.92 Å². The van der Waals surface area contributed by atoms with Gasteiger partial charge in [-0.3, -0.25) is 9.59 Å². The number of amides is 2. The standard InChI is InChI=1S/C24H33N3O3/c1-5-18(4)26-24(29)19-8-6-9-20(14-19)25-16-23(28)27-21-10-7-11-22(15-21)30-13-12-17(2)3/h6-11,14-15,17-18,25H,5,12-13,16H2,1-4H3,(H,26,29)(H,27,28). The summed E-state index contributed by atoms with van der Waals surface area (Å²) in [6.07, 6.45) is 1.85. The van der Waals surface area contributed by atoms with Crippen molar-refractivity contribution in [3.05, 3.63) is 54.1 Å². The predicted molar refractivity (Wildman–Crippen MR) is 122 cm³/mol. The maximum atomic E-state index is 12.3. The van der Waals surface area contributed by atoms with E-state index < -0.39 is 0 Å². The van der Waals surface area contributed by atoms with Crippen LogP contribution in [0.1, 0.15) is 50.9 Å². The lowest BCUT2D eigenvalue weighted by molar-refractivity contribution is -0.114. The first-order valence-electron chi connectivity index (χ1n) is 10.5. The molecule has 2 amide bonds. The highest BCUT2D eigenvalue weighted by Gasteiger charge is 2.10. The fraction of sp³-hybridized carbons (Fsp3) is 0.417. The molecule has 6 nitrogen and oxygen atoms in total. The molecule has 2 rings (SSSR count). The molecule has 0 saturated heterocycles. The Labute approximate surface area is 179 Å². The van der Waals surface area contributed by atoms with Crippen LogP contribution < -0.4 is 20.7 Å². The van der Waals surface area contributed by atoms with Crippen LogP contribution in [-0.4, -0.2) is 31.0 Å². The molecule has 2 aromatic rings. The van der Waals surface area contributed by atoms with E-state index in [0.29, 0.717) is 29.5 Å². The van der Waals surface area contributed by atoms with E-state index in [9.17, 15) is 9.59 Å². The molecule has 6 heteroatoms. The monoisotopic (exact) mass is 411 g/mol. The van der Waals surface area contributed by atoms with Crippen LogP contribution in [0.2, 0.25) is 0 Å². The Balaban J connectivity index is 1.86. The molecule has 1 unspecified atom stereocenters. The Bertz CT molecular complexity index is 836. The van der Waals surface area contributed by atoms with Gasteiger partial charge in [0, 0.05) is 29.0 Å². The number of benzene rings is 2. The van der Waals surface area contributed by atoms with Gasteiger partial charge in [0.05, 0.1) is 13.2 Å². The van der Waals surface area contributed by atoms with E-state index in [4.69, 9.17) is 4.74 Å². The summed E-state index contributed by atoms with van der Waals surface area (Å²) in [6.45, 7) is 9.04. The van der Waals surface area contributed by atoms with Gasteiger partial charge in [0.1, 0.15) is 5.75 Å². The second-order valence-electron chi connectivity index (χ2n) is 7.82. The van der Waals surface area contributed by atoms with Crippen LogP contribution >= 0.6 is 0 Å². The maximum Gasteiger partial charge on any atom is 0.251 e. The summed E-state index contributed by atoms with van der Waals surface area (Å²) >= 11 is 0. The molecule has 0 aliphatic carbocycles. The van der Waals surface area contributed by atoms with E-state index in [1.165, 1.54) is 0 Å². The topological polar surface area (TPSA) is 79.5 Å². The smallest absolute Gasteiger partial charge is 0.251 e. The van der Waals surface area contributed by atoms with Crippen molar-refractivity contribution < 1.29 is 14.3 Å². The van der Waals surface area contributed by atoms with Crippen molar-refractivity contribution in [1.29, 1.82) is 0 Å². The van der Waals surface area contributed by atoms with Crippen molar-refractivity contribution in [1.82, 2.24) is 5.32 Å². The van der Waals surface area contributed by atoms with Crippen LogP contribution in [0.3, 0.4) is 0 Å². The van der Waals surface area contributed by atoms with Crippen LogP contribution in [0.5, 0.6) is 5.75 Å². The number of carbonyl (C=O) groups excluding carboxylic acids is 2. The highest BCUT2D eigenvalue weighted by molar-refractivity contribution is 5.96. The van der Waals surface area contributed by atoms with Crippen molar-refractivity contribution in [3.8, 4) is 5.75 Å². The van der Waals surface area contributed by atoms with Gasteiger partial charge in [0.25, 0.3) is 5.91 Å². The second kappa shape index (κ2) is 11.9. The van der Waals surface area contributed by atoms with Crippen molar-refractivity contribution in [2.24, 2.45) is 5.92 Å². The first-order chi connectivity index (χ1) is 14.4. The van der Waals surface area contributed by atoms with Gasteiger partial charge in [-0.25, -0.2) is 0 Å². The Hall–Kier alpha value is -3.02. The van der Waals surface area contributed by atoms with E-state index in [-0.39, 0.29) is 24.4 Å². The number of carbonyl (C=O) groups is 2. The zero-order chi connectivity index (χ0) is 21.9. The molecular weight excluding hydrogens is 378 g/mol. The Morgan fingerprint density at radius 1 is 1.00 bits per heavy atom. The zero-order valence-corrected chi connectivity index (χ0v) is 18.3. The molecular formula is C24H33N3O3. The van der Waals surface area contributed by atoms with Gasteiger partial charge in [0.15, 0.2) is 0 Å².